The first-order valence-electron chi connectivity index (χ1n) is 7.47. The average molecular weight is 264 g/mol. The van der Waals surface area contributed by atoms with Crippen molar-refractivity contribution in [1.82, 2.24) is 10.2 Å². The van der Waals surface area contributed by atoms with Gasteiger partial charge in [0.05, 0.1) is 25.2 Å². The largest absolute Gasteiger partial charge is 0.472 e. The number of nitrogens with zero attached hydrogens (tertiary/aromatic N) is 1. The maximum absolute atomic E-state index is 6.12. The van der Waals surface area contributed by atoms with Crippen LogP contribution < -0.4 is 5.32 Å². The van der Waals surface area contributed by atoms with Gasteiger partial charge >= 0.3 is 0 Å². The fourth-order valence-corrected chi connectivity index (χ4v) is 3.35. The third-order valence-electron chi connectivity index (χ3n) is 4.37. The Kier molecular flexibility index (Phi) is 4.21. The lowest BCUT2D eigenvalue weighted by Crippen LogP contribution is -2.54. The van der Waals surface area contributed by atoms with Crippen LogP contribution in [0.2, 0.25) is 0 Å². The van der Waals surface area contributed by atoms with Gasteiger partial charge in [0.2, 0.25) is 0 Å². The van der Waals surface area contributed by atoms with E-state index in [4.69, 9.17) is 9.15 Å². The Morgan fingerprint density at radius 3 is 3.26 bits per heavy atom. The van der Waals surface area contributed by atoms with Gasteiger partial charge in [0.15, 0.2) is 0 Å². The zero-order chi connectivity index (χ0) is 13.1. The van der Waals surface area contributed by atoms with E-state index >= 15 is 0 Å². The predicted octanol–water partition coefficient (Wildman–Crippen LogP) is 1.66. The van der Waals surface area contributed by atoms with Crippen LogP contribution in [0.15, 0.2) is 23.0 Å². The SMILES string of the molecule is CCNC(Cc1ccoc1)C1CN2CCCC2CO1. The number of hydrogen-bond donors (Lipinski definition) is 1. The second kappa shape index (κ2) is 6.07. The van der Waals surface area contributed by atoms with E-state index in [1.54, 1.807) is 6.26 Å². The average Bonchev–Trinajstić information content (AvgIpc) is 3.08. The molecule has 0 amide bonds. The molecule has 3 unspecified atom stereocenters. The third-order valence-corrected chi connectivity index (χ3v) is 4.37. The smallest absolute Gasteiger partial charge is 0.0935 e. The van der Waals surface area contributed by atoms with E-state index in [2.05, 4.69) is 17.1 Å². The molecule has 2 fully saturated rings. The lowest BCUT2D eigenvalue weighted by atomic mass is 10.0. The molecule has 0 aromatic carbocycles. The van der Waals surface area contributed by atoms with Gasteiger partial charge in [-0.05, 0) is 44.0 Å². The highest BCUT2D eigenvalue weighted by atomic mass is 16.5. The molecule has 3 heterocycles. The summed E-state index contributed by atoms with van der Waals surface area (Å²) in [7, 11) is 0. The summed E-state index contributed by atoms with van der Waals surface area (Å²) in [6.45, 7) is 6.35. The quantitative estimate of drug-likeness (QED) is 0.878. The summed E-state index contributed by atoms with van der Waals surface area (Å²) in [4.78, 5) is 2.61. The number of morpholine rings is 1. The molecule has 4 nitrogen and oxygen atoms in total. The van der Waals surface area contributed by atoms with Crippen LogP contribution in [0.5, 0.6) is 0 Å². The second-order valence-electron chi connectivity index (χ2n) is 5.66. The number of ether oxygens (including phenoxy) is 1. The minimum atomic E-state index is 0.296. The Morgan fingerprint density at radius 2 is 2.47 bits per heavy atom. The van der Waals surface area contributed by atoms with Crippen LogP contribution in [-0.2, 0) is 11.2 Å². The fraction of sp³-hybridized carbons (Fsp3) is 0.733. The Balaban J connectivity index is 1.62. The number of nitrogens with one attached hydrogen (secondary N) is 1. The summed E-state index contributed by atoms with van der Waals surface area (Å²) in [5.41, 5.74) is 1.25. The van der Waals surface area contributed by atoms with E-state index in [0.717, 1.165) is 26.1 Å². The van der Waals surface area contributed by atoms with Crippen LogP contribution in [0.1, 0.15) is 25.3 Å². The van der Waals surface area contributed by atoms with Crippen molar-refractivity contribution in [2.45, 2.75) is 44.4 Å². The zero-order valence-electron chi connectivity index (χ0n) is 11.7. The van der Waals surface area contributed by atoms with Crippen molar-refractivity contribution in [3.8, 4) is 0 Å². The van der Waals surface area contributed by atoms with E-state index in [1.165, 1.54) is 24.9 Å². The highest BCUT2D eigenvalue weighted by molar-refractivity contribution is 5.09. The number of hydrogen-bond acceptors (Lipinski definition) is 4. The molecule has 0 aliphatic carbocycles. The van der Waals surface area contributed by atoms with Gasteiger partial charge in [-0.15, -0.1) is 0 Å². The number of furan rings is 1. The van der Waals surface area contributed by atoms with Crippen molar-refractivity contribution in [3.63, 3.8) is 0 Å². The lowest BCUT2D eigenvalue weighted by molar-refractivity contribution is -0.0641. The van der Waals surface area contributed by atoms with Crippen molar-refractivity contribution in [3.05, 3.63) is 24.2 Å². The molecule has 1 aromatic rings. The summed E-state index contributed by atoms with van der Waals surface area (Å²) in [5, 5.41) is 3.58. The summed E-state index contributed by atoms with van der Waals surface area (Å²) in [6.07, 6.45) is 7.49. The number of likely N-dealkylation sites (N-methyl/N-ethyl adjacent to an activating group) is 1. The zero-order valence-corrected chi connectivity index (χ0v) is 11.7. The molecule has 4 heteroatoms. The van der Waals surface area contributed by atoms with Gasteiger partial charge in [0.25, 0.3) is 0 Å². The van der Waals surface area contributed by atoms with Gasteiger partial charge in [0, 0.05) is 18.6 Å². The van der Waals surface area contributed by atoms with Crippen molar-refractivity contribution in [2.75, 3.05) is 26.2 Å². The molecule has 3 atom stereocenters. The molecule has 2 aliphatic rings. The van der Waals surface area contributed by atoms with E-state index in [0.29, 0.717) is 18.2 Å². The second-order valence-corrected chi connectivity index (χ2v) is 5.66. The molecule has 0 bridgehead atoms. The van der Waals surface area contributed by atoms with E-state index in [1.807, 2.05) is 12.3 Å². The van der Waals surface area contributed by atoms with Crippen LogP contribution in [0, 0.1) is 0 Å². The summed E-state index contributed by atoms with van der Waals surface area (Å²) in [6, 6.07) is 3.10. The van der Waals surface area contributed by atoms with E-state index < -0.39 is 0 Å². The Labute approximate surface area is 115 Å². The van der Waals surface area contributed by atoms with Crippen molar-refractivity contribution in [2.24, 2.45) is 0 Å². The normalized spacial score (nSPS) is 29.3. The Hall–Kier alpha value is -0.840. The first kappa shape index (κ1) is 13.2. The van der Waals surface area contributed by atoms with Crippen LogP contribution in [0.25, 0.3) is 0 Å². The van der Waals surface area contributed by atoms with Crippen LogP contribution >= 0.6 is 0 Å². The molecule has 3 rings (SSSR count). The molecule has 106 valence electrons. The van der Waals surface area contributed by atoms with Crippen LogP contribution in [0.4, 0.5) is 0 Å². The highest BCUT2D eigenvalue weighted by Gasteiger charge is 2.35. The molecule has 1 aromatic heterocycles. The highest BCUT2D eigenvalue weighted by Crippen LogP contribution is 2.24. The standard InChI is InChI=1S/C15H24N2O2/c1-2-16-14(8-12-5-7-18-10-12)15-9-17-6-3-4-13(17)11-19-15/h5,7,10,13-16H,2-4,6,8-9,11H2,1H3. The van der Waals surface area contributed by atoms with Gasteiger partial charge in [-0.25, -0.2) is 0 Å². The number of rotatable bonds is 5. The first-order valence-corrected chi connectivity index (χ1v) is 7.47. The molecule has 1 N–H and O–H groups in total. The maximum Gasteiger partial charge on any atom is 0.0935 e. The van der Waals surface area contributed by atoms with E-state index in [-0.39, 0.29) is 0 Å². The summed E-state index contributed by atoms with van der Waals surface area (Å²) in [5.74, 6) is 0. The van der Waals surface area contributed by atoms with Gasteiger partial charge in [-0.2, -0.15) is 0 Å². The monoisotopic (exact) mass is 264 g/mol. The first-order chi connectivity index (χ1) is 9.36. The number of fused-ring (bicyclic) bond motifs is 1. The predicted molar refractivity (Wildman–Crippen MR) is 74.2 cm³/mol. The molecule has 0 saturated carbocycles. The maximum atomic E-state index is 6.12. The van der Waals surface area contributed by atoms with Crippen molar-refractivity contribution >= 4 is 0 Å². The molecule has 2 saturated heterocycles. The van der Waals surface area contributed by atoms with Crippen LogP contribution in [-0.4, -0.2) is 49.3 Å². The van der Waals surface area contributed by atoms with Gasteiger partial charge in [-0.1, -0.05) is 6.92 Å². The Bertz CT molecular complexity index is 380. The van der Waals surface area contributed by atoms with Crippen LogP contribution in [0.3, 0.4) is 0 Å². The molecular formula is C15H24N2O2. The molecule has 2 aliphatic heterocycles. The summed E-state index contributed by atoms with van der Waals surface area (Å²) >= 11 is 0. The molecule has 0 spiro atoms. The van der Waals surface area contributed by atoms with Crippen molar-refractivity contribution in [1.29, 1.82) is 0 Å². The van der Waals surface area contributed by atoms with Gasteiger partial charge in [0.1, 0.15) is 0 Å². The third kappa shape index (κ3) is 3.02. The minimum Gasteiger partial charge on any atom is -0.472 e. The molecule has 0 radical (unpaired) electrons. The van der Waals surface area contributed by atoms with Crippen molar-refractivity contribution < 1.29 is 9.15 Å². The fourth-order valence-electron chi connectivity index (χ4n) is 3.35. The summed E-state index contributed by atoms with van der Waals surface area (Å²) < 4.78 is 11.3. The van der Waals surface area contributed by atoms with Gasteiger partial charge < -0.3 is 14.5 Å². The molecule has 19 heavy (non-hydrogen) atoms. The topological polar surface area (TPSA) is 37.6 Å². The molecular weight excluding hydrogens is 240 g/mol. The Morgan fingerprint density at radius 1 is 1.53 bits per heavy atom. The minimum absolute atomic E-state index is 0.296. The van der Waals surface area contributed by atoms with Gasteiger partial charge in [-0.3, -0.25) is 4.90 Å². The lowest BCUT2D eigenvalue weighted by Gasteiger charge is -2.39. The van der Waals surface area contributed by atoms with E-state index in [9.17, 15) is 0 Å².